The van der Waals surface area contributed by atoms with E-state index in [2.05, 4.69) is 15.0 Å². The largest absolute Gasteiger partial charge is 0.468 e. The van der Waals surface area contributed by atoms with Crippen LogP contribution in [0.5, 0.6) is 0 Å². The minimum atomic E-state index is -0.604. The van der Waals surface area contributed by atoms with E-state index < -0.39 is 12.0 Å². The fourth-order valence-corrected chi connectivity index (χ4v) is 4.19. The Bertz CT molecular complexity index is 1000. The first-order valence-corrected chi connectivity index (χ1v) is 10.9. The van der Waals surface area contributed by atoms with E-state index in [1.54, 1.807) is 24.4 Å². The van der Waals surface area contributed by atoms with Crippen molar-refractivity contribution in [3.63, 3.8) is 0 Å². The highest BCUT2D eigenvalue weighted by Gasteiger charge is 2.40. The average Bonchev–Trinajstić information content (AvgIpc) is 3.53. The predicted octanol–water partition coefficient (Wildman–Crippen LogP) is 2.70. The molecule has 1 aliphatic heterocycles. The topological polar surface area (TPSA) is 77.3 Å². The molecule has 0 radical (unpaired) electrons. The molecule has 2 fully saturated rings. The van der Waals surface area contributed by atoms with Gasteiger partial charge in [0.05, 0.1) is 19.3 Å². The molecule has 164 valence electrons. The minimum Gasteiger partial charge on any atom is -0.468 e. The van der Waals surface area contributed by atoms with Gasteiger partial charge in [-0.3, -0.25) is 14.5 Å². The maximum atomic E-state index is 14.6. The summed E-state index contributed by atoms with van der Waals surface area (Å²) in [6.45, 7) is 1.11. The van der Waals surface area contributed by atoms with Gasteiger partial charge < -0.3 is 4.74 Å². The Hall–Kier alpha value is -2.52. The van der Waals surface area contributed by atoms with E-state index in [1.807, 2.05) is 11.0 Å². The van der Waals surface area contributed by atoms with Crippen molar-refractivity contribution in [1.29, 1.82) is 0 Å². The van der Waals surface area contributed by atoms with Crippen molar-refractivity contribution >= 4 is 30.5 Å². The third kappa shape index (κ3) is 5.04. The van der Waals surface area contributed by atoms with E-state index in [0.717, 1.165) is 24.8 Å². The number of ether oxygens (including phenoxy) is 1. The number of piperidine rings is 1. The summed E-state index contributed by atoms with van der Waals surface area (Å²) in [5.74, 6) is -0.660. The molecule has 1 aliphatic carbocycles. The van der Waals surface area contributed by atoms with Crippen molar-refractivity contribution in [3.8, 4) is 0 Å². The van der Waals surface area contributed by atoms with Crippen LogP contribution in [0.1, 0.15) is 36.6 Å². The number of carbonyl (C=O) groups is 2. The number of Topliss-reactive ketones (excluding diaryl/α,β-unsaturated/α-hetero) is 1. The number of benzene rings is 1. The molecular formula is C22H25FN4O3S. The van der Waals surface area contributed by atoms with Crippen molar-refractivity contribution in [2.24, 2.45) is 5.92 Å². The van der Waals surface area contributed by atoms with Crippen molar-refractivity contribution in [1.82, 2.24) is 19.9 Å². The van der Waals surface area contributed by atoms with Crippen molar-refractivity contribution in [2.45, 2.75) is 37.1 Å². The first-order valence-electron chi connectivity index (χ1n) is 10.3. The average molecular weight is 445 g/mol. The number of aromatic nitrogens is 3. The second kappa shape index (κ2) is 9.32. The van der Waals surface area contributed by atoms with Gasteiger partial charge >= 0.3 is 5.97 Å². The molecule has 1 saturated heterocycles. The summed E-state index contributed by atoms with van der Waals surface area (Å²) in [4.78, 5) is 26.6. The van der Waals surface area contributed by atoms with E-state index in [-0.39, 0.29) is 29.3 Å². The second-order valence-electron chi connectivity index (χ2n) is 8.01. The molecule has 31 heavy (non-hydrogen) atoms. The molecule has 0 N–H and O–H groups in total. The first-order chi connectivity index (χ1) is 15.0. The number of methoxy groups -OCH3 is 1. The van der Waals surface area contributed by atoms with E-state index in [0.29, 0.717) is 24.3 Å². The highest BCUT2D eigenvalue weighted by Crippen LogP contribution is 2.39. The van der Waals surface area contributed by atoms with E-state index in [4.69, 9.17) is 12.6 Å². The Labute approximate surface area is 185 Å². The molecule has 1 aromatic carbocycles. The van der Waals surface area contributed by atoms with E-state index in [1.165, 1.54) is 17.9 Å². The molecule has 2 heterocycles. The van der Waals surface area contributed by atoms with Gasteiger partial charge in [-0.25, -0.2) is 9.07 Å². The van der Waals surface area contributed by atoms with Crippen molar-refractivity contribution in [3.05, 3.63) is 53.1 Å². The summed E-state index contributed by atoms with van der Waals surface area (Å²) in [6.07, 6.45) is 6.02. The zero-order valence-corrected chi connectivity index (χ0v) is 18.2. The van der Waals surface area contributed by atoms with E-state index >= 15 is 0 Å². The molecule has 2 aromatic rings. The van der Waals surface area contributed by atoms with Crippen LogP contribution in [0, 0.1) is 11.7 Å². The molecule has 1 aromatic heterocycles. The van der Waals surface area contributed by atoms with Gasteiger partial charge in [-0.1, -0.05) is 23.4 Å². The number of rotatable bonds is 7. The van der Waals surface area contributed by atoms with Crippen LogP contribution in [0.15, 0.2) is 36.0 Å². The molecule has 9 heteroatoms. The third-order valence-electron chi connectivity index (χ3n) is 5.73. The standard InChI is InChI=1S/C22H25FN4O3S/c1-30-20(28)13-27-12-16(24-25-27)10-15-11-26(9-8-19(15)31)21(22(29)14-6-7-14)17-4-2-3-5-18(17)23/h2-5,10,12,14,19,21,31H,6-9,11,13H2,1H3. The number of esters is 1. The lowest BCUT2D eigenvalue weighted by Gasteiger charge is -2.37. The first kappa shape index (κ1) is 21.7. The SMILES string of the molecule is COC(=O)Cn1cc(C=C2CN(C(C(=O)C3CC3)c3ccccc3F)CCC2S)nn1. The number of halogens is 1. The summed E-state index contributed by atoms with van der Waals surface area (Å²) in [7, 11) is 1.32. The van der Waals surface area contributed by atoms with Gasteiger partial charge in [0.1, 0.15) is 18.1 Å². The van der Waals surface area contributed by atoms with Gasteiger partial charge in [0, 0.05) is 29.8 Å². The smallest absolute Gasteiger partial charge is 0.327 e. The van der Waals surface area contributed by atoms with Crippen LogP contribution in [-0.2, 0) is 20.9 Å². The summed E-state index contributed by atoms with van der Waals surface area (Å²) in [6, 6.07) is 5.92. The van der Waals surface area contributed by atoms with Gasteiger partial charge in [0.15, 0.2) is 5.78 Å². The molecule has 2 atom stereocenters. The molecule has 0 spiro atoms. The van der Waals surface area contributed by atoms with Crippen LogP contribution in [0.3, 0.4) is 0 Å². The lowest BCUT2D eigenvalue weighted by Crippen LogP contribution is -2.42. The number of carbonyl (C=O) groups excluding carboxylic acids is 2. The van der Waals surface area contributed by atoms with Crippen LogP contribution in [0.4, 0.5) is 4.39 Å². The van der Waals surface area contributed by atoms with Crippen LogP contribution in [0.25, 0.3) is 6.08 Å². The number of hydrogen-bond acceptors (Lipinski definition) is 7. The Morgan fingerprint density at radius 1 is 1.32 bits per heavy atom. The summed E-state index contributed by atoms with van der Waals surface area (Å²) < 4.78 is 20.7. The monoisotopic (exact) mass is 444 g/mol. The molecule has 0 amide bonds. The fourth-order valence-electron chi connectivity index (χ4n) is 3.92. The van der Waals surface area contributed by atoms with Crippen LogP contribution in [0.2, 0.25) is 0 Å². The lowest BCUT2D eigenvalue weighted by atomic mass is 9.93. The van der Waals surface area contributed by atoms with Crippen molar-refractivity contribution < 1.29 is 18.7 Å². The molecule has 2 unspecified atom stereocenters. The lowest BCUT2D eigenvalue weighted by molar-refractivity contribution is -0.141. The van der Waals surface area contributed by atoms with Crippen LogP contribution in [-0.4, -0.2) is 57.1 Å². The number of hydrogen-bond donors (Lipinski definition) is 1. The molecule has 4 rings (SSSR count). The van der Waals surface area contributed by atoms with E-state index in [9.17, 15) is 14.0 Å². The van der Waals surface area contributed by atoms with Gasteiger partial charge in [-0.05, 0) is 37.0 Å². The molecule has 7 nitrogen and oxygen atoms in total. The quantitative estimate of drug-likeness (QED) is 0.523. The summed E-state index contributed by atoms with van der Waals surface area (Å²) in [5.41, 5.74) is 2.00. The Kier molecular flexibility index (Phi) is 6.52. The van der Waals surface area contributed by atoms with Gasteiger partial charge in [-0.15, -0.1) is 5.10 Å². The Morgan fingerprint density at radius 2 is 2.10 bits per heavy atom. The number of thiol groups is 1. The van der Waals surface area contributed by atoms with Gasteiger partial charge in [0.2, 0.25) is 0 Å². The molecule has 0 bridgehead atoms. The zero-order valence-electron chi connectivity index (χ0n) is 17.3. The highest BCUT2D eigenvalue weighted by atomic mass is 32.1. The van der Waals surface area contributed by atoms with Gasteiger partial charge in [0.25, 0.3) is 0 Å². The zero-order chi connectivity index (χ0) is 22.0. The third-order valence-corrected chi connectivity index (χ3v) is 6.32. The highest BCUT2D eigenvalue weighted by molar-refractivity contribution is 7.81. The fraction of sp³-hybridized carbons (Fsp3) is 0.455. The maximum Gasteiger partial charge on any atom is 0.327 e. The minimum absolute atomic E-state index is 0.000644. The van der Waals surface area contributed by atoms with Gasteiger partial charge in [-0.2, -0.15) is 12.6 Å². The number of likely N-dealkylation sites (tertiary alicyclic amines) is 1. The molecule has 1 saturated carbocycles. The maximum absolute atomic E-state index is 14.6. The second-order valence-corrected chi connectivity index (χ2v) is 8.64. The summed E-state index contributed by atoms with van der Waals surface area (Å²) >= 11 is 4.70. The molecular weight excluding hydrogens is 419 g/mol. The Morgan fingerprint density at radius 3 is 2.81 bits per heavy atom. The van der Waals surface area contributed by atoms with Crippen molar-refractivity contribution in [2.75, 3.05) is 20.2 Å². The van der Waals surface area contributed by atoms with Crippen LogP contribution < -0.4 is 0 Å². The number of nitrogens with zero attached hydrogens (tertiary/aromatic N) is 4. The van der Waals surface area contributed by atoms with Crippen LogP contribution >= 0.6 is 12.6 Å². The number of ketones is 1. The molecule has 2 aliphatic rings. The Balaban J connectivity index is 1.58. The normalized spacial score (nSPS) is 21.8. The predicted molar refractivity (Wildman–Crippen MR) is 116 cm³/mol. The summed E-state index contributed by atoms with van der Waals surface area (Å²) in [5, 5.41) is 8.04.